The number of halogens is 1. The normalized spacial score (nSPS) is 9.94. The summed E-state index contributed by atoms with van der Waals surface area (Å²) in [6.45, 7) is 0. The first-order valence-corrected chi connectivity index (χ1v) is 6.14. The van der Waals surface area contributed by atoms with E-state index in [0.717, 1.165) is 16.6 Å². The average molecular weight is 292 g/mol. The molecule has 2 rings (SSSR count). The summed E-state index contributed by atoms with van der Waals surface area (Å²) >= 11 is 3.37. The zero-order chi connectivity index (χ0) is 12.1. The van der Waals surface area contributed by atoms with Crippen molar-refractivity contribution in [1.82, 2.24) is 10.2 Å². The first kappa shape index (κ1) is 11.7. The number of aromatic nitrogens is 2. The van der Waals surface area contributed by atoms with Crippen molar-refractivity contribution in [1.29, 1.82) is 0 Å². The molecule has 1 aromatic carbocycles. The van der Waals surface area contributed by atoms with Gasteiger partial charge in [0.2, 0.25) is 0 Å². The fourth-order valence-corrected chi connectivity index (χ4v) is 1.71. The molecule has 1 heterocycles. The van der Waals surface area contributed by atoms with E-state index in [4.69, 9.17) is 0 Å². The third kappa shape index (κ3) is 3.10. The number of carbonyl (C=O) groups is 1. The summed E-state index contributed by atoms with van der Waals surface area (Å²) in [6.07, 6.45) is 2.92. The van der Waals surface area contributed by atoms with Gasteiger partial charge >= 0.3 is 0 Å². The number of nitrogens with one attached hydrogen (secondary N) is 1. The van der Waals surface area contributed by atoms with Gasteiger partial charge in [0.15, 0.2) is 0 Å². The Morgan fingerprint density at radius 1 is 1.29 bits per heavy atom. The first-order chi connectivity index (χ1) is 8.29. The molecule has 0 aliphatic rings. The van der Waals surface area contributed by atoms with E-state index in [-0.39, 0.29) is 5.91 Å². The van der Waals surface area contributed by atoms with Gasteiger partial charge in [0.05, 0.1) is 18.0 Å². The molecule has 1 N–H and O–H groups in total. The predicted molar refractivity (Wildman–Crippen MR) is 69.1 cm³/mol. The van der Waals surface area contributed by atoms with Crippen molar-refractivity contribution in [2.24, 2.45) is 0 Å². The molecule has 0 fully saturated rings. The summed E-state index contributed by atoms with van der Waals surface area (Å²) in [4.78, 5) is 11.8. The maximum absolute atomic E-state index is 11.8. The van der Waals surface area contributed by atoms with Crippen molar-refractivity contribution in [3.8, 4) is 0 Å². The minimum atomic E-state index is -0.188. The summed E-state index contributed by atoms with van der Waals surface area (Å²) in [5.74, 6) is -0.188. The molecule has 0 saturated heterocycles. The molecule has 86 valence electrons. The number of benzene rings is 1. The summed E-state index contributed by atoms with van der Waals surface area (Å²) in [5.41, 5.74) is 2.36. The zero-order valence-corrected chi connectivity index (χ0v) is 10.5. The van der Waals surface area contributed by atoms with Crippen molar-refractivity contribution < 1.29 is 4.79 Å². The molecule has 5 heteroatoms. The second-order valence-corrected chi connectivity index (χ2v) is 3.98. The number of hydrogen-bond acceptors (Lipinski definition) is 3. The van der Waals surface area contributed by atoms with Gasteiger partial charge in [-0.3, -0.25) is 4.79 Å². The summed E-state index contributed by atoms with van der Waals surface area (Å²) in [7, 11) is 0. The van der Waals surface area contributed by atoms with E-state index in [1.807, 2.05) is 24.3 Å². The van der Waals surface area contributed by atoms with Crippen LogP contribution in [0.5, 0.6) is 0 Å². The lowest BCUT2D eigenvalue weighted by Crippen LogP contribution is -2.12. The predicted octanol–water partition coefficient (Wildman–Crippen LogP) is 2.62. The van der Waals surface area contributed by atoms with Crippen LogP contribution in [0.4, 0.5) is 5.69 Å². The van der Waals surface area contributed by atoms with Gasteiger partial charge in [0.25, 0.3) is 5.91 Å². The van der Waals surface area contributed by atoms with Crippen molar-refractivity contribution in [2.75, 3.05) is 5.32 Å². The summed E-state index contributed by atoms with van der Waals surface area (Å²) in [6, 6.07) is 9.27. The highest BCUT2D eigenvalue weighted by atomic mass is 79.9. The minimum absolute atomic E-state index is 0.188. The summed E-state index contributed by atoms with van der Waals surface area (Å²) < 4.78 is 0. The topological polar surface area (TPSA) is 54.9 Å². The Morgan fingerprint density at radius 2 is 2.18 bits per heavy atom. The maximum atomic E-state index is 11.8. The third-order valence-corrected chi connectivity index (χ3v) is 2.83. The SMILES string of the molecule is O=C(Nc1cccc(CBr)c1)c1ccnnc1. The zero-order valence-electron chi connectivity index (χ0n) is 8.93. The Balaban J connectivity index is 2.13. The Bertz CT molecular complexity index is 516. The molecule has 2 aromatic rings. The molecule has 4 nitrogen and oxygen atoms in total. The van der Waals surface area contributed by atoms with Gasteiger partial charge in [0.1, 0.15) is 0 Å². The monoisotopic (exact) mass is 291 g/mol. The molecule has 0 saturated carbocycles. The number of carbonyl (C=O) groups excluding carboxylic acids is 1. The van der Waals surface area contributed by atoms with Gasteiger partial charge < -0.3 is 5.32 Å². The fraction of sp³-hybridized carbons (Fsp3) is 0.0833. The van der Waals surface area contributed by atoms with Crippen LogP contribution in [0.3, 0.4) is 0 Å². The molecule has 1 aromatic heterocycles. The van der Waals surface area contributed by atoms with Crippen LogP contribution < -0.4 is 5.32 Å². The highest BCUT2D eigenvalue weighted by molar-refractivity contribution is 9.08. The molecule has 1 amide bonds. The molecular weight excluding hydrogens is 282 g/mol. The van der Waals surface area contributed by atoms with E-state index in [9.17, 15) is 4.79 Å². The van der Waals surface area contributed by atoms with E-state index in [0.29, 0.717) is 5.56 Å². The minimum Gasteiger partial charge on any atom is -0.322 e. The smallest absolute Gasteiger partial charge is 0.257 e. The summed E-state index contributed by atoms with van der Waals surface area (Å²) in [5, 5.41) is 10.9. The number of anilines is 1. The largest absolute Gasteiger partial charge is 0.322 e. The van der Waals surface area contributed by atoms with E-state index in [2.05, 4.69) is 31.4 Å². The molecule has 0 aliphatic heterocycles. The molecule has 0 unspecified atom stereocenters. The molecule has 0 atom stereocenters. The van der Waals surface area contributed by atoms with Crippen molar-refractivity contribution >= 4 is 27.5 Å². The number of amides is 1. The van der Waals surface area contributed by atoms with Gasteiger partial charge in [0, 0.05) is 11.0 Å². The highest BCUT2D eigenvalue weighted by Gasteiger charge is 2.05. The molecule has 0 radical (unpaired) electrons. The van der Waals surface area contributed by atoms with E-state index >= 15 is 0 Å². The standard InChI is InChI=1S/C12H10BrN3O/c13-7-9-2-1-3-11(6-9)16-12(17)10-4-5-14-15-8-10/h1-6,8H,7H2,(H,16,17). The second-order valence-electron chi connectivity index (χ2n) is 3.42. The Hall–Kier alpha value is -1.75. The van der Waals surface area contributed by atoms with Gasteiger partial charge in [-0.2, -0.15) is 10.2 Å². The van der Waals surface area contributed by atoms with Crippen LogP contribution in [0.1, 0.15) is 15.9 Å². The number of rotatable bonds is 3. The quantitative estimate of drug-likeness (QED) is 0.885. The Kier molecular flexibility index (Phi) is 3.82. The van der Waals surface area contributed by atoms with Crippen LogP contribution in [-0.4, -0.2) is 16.1 Å². The number of alkyl halides is 1. The first-order valence-electron chi connectivity index (χ1n) is 5.02. The van der Waals surface area contributed by atoms with Crippen LogP contribution >= 0.6 is 15.9 Å². The van der Waals surface area contributed by atoms with Gasteiger partial charge in [-0.15, -0.1) is 0 Å². The van der Waals surface area contributed by atoms with Gasteiger partial charge in [-0.1, -0.05) is 28.1 Å². The number of nitrogens with zero attached hydrogens (tertiary/aromatic N) is 2. The lowest BCUT2D eigenvalue weighted by atomic mass is 10.2. The highest BCUT2D eigenvalue weighted by Crippen LogP contribution is 2.14. The van der Waals surface area contributed by atoms with E-state index < -0.39 is 0 Å². The average Bonchev–Trinajstić information content (AvgIpc) is 2.40. The third-order valence-electron chi connectivity index (χ3n) is 2.19. The van der Waals surface area contributed by atoms with E-state index in [1.165, 1.54) is 12.4 Å². The van der Waals surface area contributed by atoms with Crippen molar-refractivity contribution in [3.63, 3.8) is 0 Å². The molecule has 17 heavy (non-hydrogen) atoms. The van der Waals surface area contributed by atoms with Crippen LogP contribution in [0.25, 0.3) is 0 Å². The van der Waals surface area contributed by atoms with Crippen LogP contribution in [0.2, 0.25) is 0 Å². The maximum Gasteiger partial charge on any atom is 0.257 e. The van der Waals surface area contributed by atoms with Gasteiger partial charge in [-0.05, 0) is 23.8 Å². The fourth-order valence-electron chi connectivity index (χ4n) is 1.36. The van der Waals surface area contributed by atoms with Crippen LogP contribution in [0, 0.1) is 0 Å². The number of hydrogen-bond donors (Lipinski definition) is 1. The van der Waals surface area contributed by atoms with Crippen LogP contribution in [-0.2, 0) is 5.33 Å². The molecule has 0 bridgehead atoms. The molecule has 0 aliphatic carbocycles. The van der Waals surface area contributed by atoms with Crippen LogP contribution in [0.15, 0.2) is 42.7 Å². The lowest BCUT2D eigenvalue weighted by Gasteiger charge is -2.05. The van der Waals surface area contributed by atoms with Gasteiger partial charge in [-0.25, -0.2) is 0 Å². The van der Waals surface area contributed by atoms with Crippen molar-refractivity contribution in [2.45, 2.75) is 5.33 Å². The van der Waals surface area contributed by atoms with Crippen molar-refractivity contribution in [3.05, 3.63) is 53.9 Å². The van der Waals surface area contributed by atoms with E-state index in [1.54, 1.807) is 6.07 Å². The lowest BCUT2D eigenvalue weighted by molar-refractivity contribution is 0.102. The molecular formula is C12H10BrN3O. The second kappa shape index (κ2) is 5.54. The molecule has 0 spiro atoms. The Morgan fingerprint density at radius 3 is 2.88 bits per heavy atom. The Labute approximate surface area is 107 Å².